The summed E-state index contributed by atoms with van der Waals surface area (Å²) in [6, 6.07) is 3.59. The third kappa shape index (κ3) is 3.23. The van der Waals surface area contributed by atoms with Crippen molar-refractivity contribution < 1.29 is 14.3 Å². The maximum absolute atomic E-state index is 12.4. The first-order valence-corrected chi connectivity index (χ1v) is 4.10. The highest BCUT2D eigenvalue weighted by Crippen LogP contribution is 2.09. The second-order valence-electron chi connectivity index (χ2n) is 2.26. The van der Waals surface area contributed by atoms with Crippen LogP contribution < -0.4 is 0 Å². The number of carboxylic acids is 1. The molecule has 1 rings (SSSR count). The zero-order valence-electron chi connectivity index (χ0n) is 7.97. The molecule has 1 N–H and O–H groups in total. The molecule has 0 fully saturated rings. The van der Waals surface area contributed by atoms with E-state index in [1.54, 1.807) is 6.92 Å². The zero-order valence-corrected chi connectivity index (χ0v) is 7.97. The maximum Gasteiger partial charge on any atom is 0.335 e. The van der Waals surface area contributed by atoms with Gasteiger partial charge in [0.1, 0.15) is 5.82 Å². The molecule has 0 saturated carbocycles. The number of benzene rings is 1. The Hall–Kier alpha value is -1.38. The quantitative estimate of drug-likeness (QED) is 0.728. The Bertz CT molecular complexity index is 295. The molecule has 0 heterocycles. The lowest BCUT2D eigenvalue weighted by molar-refractivity contribution is 0.0696. The predicted molar refractivity (Wildman–Crippen MR) is 49.4 cm³/mol. The summed E-state index contributed by atoms with van der Waals surface area (Å²) >= 11 is 0. The molecule has 0 aliphatic heterocycles. The maximum atomic E-state index is 12.4. The lowest BCUT2D eigenvalue weighted by atomic mass is 10.1. The van der Waals surface area contributed by atoms with Crippen molar-refractivity contribution in [3.05, 3.63) is 35.1 Å². The molecule has 0 saturated heterocycles. The molecule has 0 aliphatic carbocycles. The second-order valence-corrected chi connectivity index (χ2v) is 2.26. The van der Waals surface area contributed by atoms with Crippen molar-refractivity contribution in [2.24, 2.45) is 0 Å². The van der Waals surface area contributed by atoms with Gasteiger partial charge in [-0.2, -0.15) is 0 Å². The lowest BCUT2D eigenvalue weighted by Gasteiger charge is -1.98. The third-order valence-electron chi connectivity index (χ3n) is 1.42. The van der Waals surface area contributed by atoms with Gasteiger partial charge in [0.15, 0.2) is 0 Å². The molecule has 0 aromatic heterocycles. The molecule has 3 heteroatoms. The van der Waals surface area contributed by atoms with E-state index in [0.29, 0.717) is 5.56 Å². The minimum Gasteiger partial charge on any atom is -0.478 e. The first-order chi connectivity index (χ1) is 6.11. The van der Waals surface area contributed by atoms with Crippen molar-refractivity contribution in [1.29, 1.82) is 0 Å². The molecule has 0 aliphatic rings. The van der Waals surface area contributed by atoms with Crippen LogP contribution in [0.5, 0.6) is 0 Å². The van der Waals surface area contributed by atoms with E-state index in [0.717, 1.165) is 6.07 Å². The number of hydrogen-bond acceptors (Lipinski definition) is 1. The van der Waals surface area contributed by atoms with Crippen molar-refractivity contribution in [3.63, 3.8) is 0 Å². The minimum atomic E-state index is -1.03. The van der Waals surface area contributed by atoms with Crippen LogP contribution in [0.4, 0.5) is 4.39 Å². The molecule has 1 aromatic rings. The Kier molecular flexibility index (Phi) is 4.74. The van der Waals surface area contributed by atoms with E-state index in [1.165, 1.54) is 12.1 Å². The molecule has 72 valence electrons. The first-order valence-electron chi connectivity index (χ1n) is 4.10. The summed E-state index contributed by atoms with van der Waals surface area (Å²) in [5.74, 6) is -1.44. The van der Waals surface area contributed by atoms with Crippen LogP contribution in [0.25, 0.3) is 0 Å². The molecular formula is C10H13FO2. The van der Waals surface area contributed by atoms with Gasteiger partial charge < -0.3 is 5.11 Å². The Balaban J connectivity index is 0.000000671. The SMILES string of the molecule is CC.Cc1cc(F)ccc1C(=O)O. The number of aromatic carboxylic acids is 1. The number of halogens is 1. The van der Waals surface area contributed by atoms with E-state index in [4.69, 9.17) is 5.11 Å². The van der Waals surface area contributed by atoms with Crippen molar-refractivity contribution in [2.45, 2.75) is 20.8 Å². The van der Waals surface area contributed by atoms with Crippen LogP contribution in [0.1, 0.15) is 29.8 Å². The van der Waals surface area contributed by atoms with Crippen molar-refractivity contribution in [1.82, 2.24) is 0 Å². The van der Waals surface area contributed by atoms with E-state index in [9.17, 15) is 9.18 Å². The van der Waals surface area contributed by atoms with E-state index >= 15 is 0 Å². The van der Waals surface area contributed by atoms with Crippen LogP contribution in [-0.4, -0.2) is 11.1 Å². The summed E-state index contributed by atoms with van der Waals surface area (Å²) in [7, 11) is 0. The van der Waals surface area contributed by atoms with Crippen LogP contribution in [0.15, 0.2) is 18.2 Å². The molecule has 0 spiro atoms. The van der Waals surface area contributed by atoms with Gasteiger partial charge in [-0.3, -0.25) is 0 Å². The monoisotopic (exact) mass is 184 g/mol. The molecule has 0 bridgehead atoms. The second kappa shape index (κ2) is 5.30. The zero-order chi connectivity index (χ0) is 10.4. The fourth-order valence-electron chi connectivity index (χ4n) is 0.867. The van der Waals surface area contributed by atoms with Gasteiger partial charge in [0.25, 0.3) is 0 Å². The molecular weight excluding hydrogens is 171 g/mol. The molecule has 1 aromatic carbocycles. The lowest BCUT2D eigenvalue weighted by Crippen LogP contribution is -1.99. The van der Waals surface area contributed by atoms with Gasteiger partial charge in [0.2, 0.25) is 0 Å². The van der Waals surface area contributed by atoms with Gasteiger partial charge in [0.05, 0.1) is 5.56 Å². The summed E-state index contributed by atoms with van der Waals surface area (Å²) in [4.78, 5) is 10.4. The highest BCUT2D eigenvalue weighted by Gasteiger charge is 2.05. The molecule has 0 radical (unpaired) electrons. The van der Waals surface area contributed by atoms with Crippen LogP contribution in [0.2, 0.25) is 0 Å². The minimum absolute atomic E-state index is 0.145. The Morgan fingerprint density at radius 1 is 1.38 bits per heavy atom. The number of aryl methyl sites for hydroxylation is 1. The number of carbonyl (C=O) groups is 1. The standard InChI is InChI=1S/C8H7FO2.C2H6/c1-5-4-6(9)2-3-7(5)8(10)11;1-2/h2-4H,1H3,(H,10,11);1-2H3. The third-order valence-corrected chi connectivity index (χ3v) is 1.42. The average Bonchev–Trinajstić information content (AvgIpc) is 2.07. The highest BCUT2D eigenvalue weighted by atomic mass is 19.1. The van der Waals surface area contributed by atoms with E-state index in [-0.39, 0.29) is 5.56 Å². The first kappa shape index (κ1) is 11.6. The normalized spacial score (nSPS) is 8.62. The van der Waals surface area contributed by atoms with Crippen molar-refractivity contribution >= 4 is 5.97 Å². The van der Waals surface area contributed by atoms with Gasteiger partial charge in [0, 0.05) is 0 Å². The summed E-state index contributed by atoms with van der Waals surface area (Å²) in [5, 5.41) is 8.53. The van der Waals surface area contributed by atoms with Gasteiger partial charge in [-0.05, 0) is 30.7 Å². The van der Waals surface area contributed by atoms with Crippen LogP contribution >= 0.6 is 0 Å². The summed E-state index contributed by atoms with van der Waals surface area (Å²) in [6.07, 6.45) is 0. The molecule has 0 atom stereocenters. The Labute approximate surface area is 77.0 Å². The van der Waals surface area contributed by atoms with Crippen LogP contribution in [-0.2, 0) is 0 Å². The highest BCUT2D eigenvalue weighted by molar-refractivity contribution is 5.89. The number of hydrogen-bond donors (Lipinski definition) is 1. The van der Waals surface area contributed by atoms with Gasteiger partial charge in [-0.25, -0.2) is 9.18 Å². The predicted octanol–water partition coefficient (Wildman–Crippen LogP) is 2.86. The molecule has 0 unspecified atom stereocenters. The fourth-order valence-corrected chi connectivity index (χ4v) is 0.867. The number of rotatable bonds is 1. The summed E-state index contributed by atoms with van der Waals surface area (Å²) in [6.45, 7) is 5.56. The average molecular weight is 184 g/mol. The molecule has 0 amide bonds. The summed E-state index contributed by atoms with van der Waals surface area (Å²) in [5.41, 5.74) is 0.587. The smallest absolute Gasteiger partial charge is 0.335 e. The Morgan fingerprint density at radius 2 is 1.92 bits per heavy atom. The van der Waals surface area contributed by atoms with E-state index in [2.05, 4.69) is 0 Å². The summed E-state index contributed by atoms with van der Waals surface area (Å²) < 4.78 is 12.4. The fraction of sp³-hybridized carbons (Fsp3) is 0.300. The van der Waals surface area contributed by atoms with Crippen molar-refractivity contribution in [3.8, 4) is 0 Å². The van der Waals surface area contributed by atoms with Gasteiger partial charge in [-0.15, -0.1) is 0 Å². The van der Waals surface area contributed by atoms with Gasteiger partial charge in [-0.1, -0.05) is 13.8 Å². The Morgan fingerprint density at radius 3 is 2.31 bits per heavy atom. The van der Waals surface area contributed by atoms with Crippen LogP contribution in [0, 0.1) is 12.7 Å². The molecule has 2 nitrogen and oxygen atoms in total. The topological polar surface area (TPSA) is 37.3 Å². The van der Waals surface area contributed by atoms with Crippen molar-refractivity contribution in [2.75, 3.05) is 0 Å². The van der Waals surface area contributed by atoms with Gasteiger partial charge >= 0.3 is 5.97 Å². The number of carboxylic acid groups (broad SMARTS) is 1. The largest absolute Gasteiger partial charge is 0.478 e. The van der Waals surface area contributed by atoms with E-state index < -0.39 is 11.8 Å². The molecule has 13 heavy (non-hydrogen) atoms. The van der Waals surface area contributed by atoms with E-state index in [1.807, 2.05) is 13.8 Å². The van der Waals surface area contributed by atoms with Crippen LogP contribution in [0.3, 0.4) is 0 Å².